The number of carbonyl (C=O) groups is 1. The molecule has 0 radical (unpaired) electrons. The molecule has 1 heterocycles. The van der Waals surface area contributed by atoms with Gasteiger partial charge in [0.25, 0.3) is 0 Å². The van der Waals surface area contributed by atoms with Crippen LogP contribution in [-0.4, -0.2) is 31.0 Å². The number of rotatable bonds is 5. The van der Waals surface area contributed by atoms with Crippen molar-refractivity contribution in [1.82, 2.24) is 4.90 Å². The molecule has 4 rings (SSSR count). The third-order valence-corrected chi connectivity index (χ3v) is 5.85. The first-order chi connectivity index (χ1) is 14.1. The van der Waals surface area contributed by atoms with E-state index in [-0.39, 0.29) is 11.8 Å². The van der Waals surface area contributed by atoms with Crippen LogP contribution in [0.5, 0.6) is 5.75 Å². The van der Waals surface area contributed by atoms with Gasteiger partial charge in [-0.25, -0.2) is 0 Å². The van der Waals surface area contributed by atoms with E-state index in [2.05, 4.69) is 52.7 Å². The highest BCUT2D eigenvalue weighted by Gasteiger charge is 2.26. The zero-order valence-corrected chi connectivity index (χ0v) is 17.2. The lowest BCUT2D eigenvalue weighted by Gasteiger charge is -2.31. The summed E-state index contributed by atoms with van der Waals surface area (Å²) < 4.78 is 5.38. The molecule has 1 N–H and O–H groups in total. The third kappa shape index (κ3) is 4.43. The van der Waals surface area contributed by atoms with E-state index in [4.69, 9.17) is 4.74 Å². The molecule has 0 aromatic heterocycles. The van der Waals surface area contributed by atoms with E-state index < -0.39 is 0 Å². The van der Waals surface area contributed by atoms with Crippen LogP contribution >= 0.6 is 0 Å². The Labute approximate surface area is 172 Å². The number of piperidine rings is 1. The van der Waals surface area contributed by atoms with Crippen LogP contribution < -0.4 is 10.1 Å². The van der Waals surface area contributed by atoms with Crippen LogP contribution in [0.2, 0.25) is 0 Å². The summed E-state index contributed by atoms with van der Waals surface area (Å²) in [5.41, 5.74) is 3.22. The Hall–Kier alpha value is -2.85. The largest absolute Gasteiger partial charge is 0.495 e. The molecule has 1 aliphatic rings. The fourth-order valence-electron chi connectivity index (χ4n) is 4.18. The topological polar surface area (TPSA) is 41.6 Å². The minimum Gasteiger partial charge on any atom is -0.495 e. The minimum absolute atomic E-state index is 0.0454. The normalized spacial score (nSPS) is 15.4. The molecule has 0 bridgehead atoms. The molecule has 1 aliphatic heterocycles. The molecule has 0 atom stereocenters. The predicted molar refractivity (Wildman–Crippen MR) is 118 cm³/mol. The number of hydrogen-bond acceptors (Lipinski definition) is 3. The van der Waals surface area contributed by atoms with Gasteiger partial charge in [0.15, 0.2) is 0 Å². The molecular formula is C25H28N2O2. The van der Waals surface area contributed by atoms with Gasteiger partial charge in [-0.05, 0) is 66.9 Å². The van der Waals surface area contributed by atoms with Gasteiger partial charge in [0.2, 0.25) is 5.91 Å². The zero-order chi connectivity index (χ0) is 20.2. The Morgan fingerprint density at radius 1 is 1.07 bits per heavy atom. The molecule has 29 heavy (non-hydrogen) atoms. The van der Waals surface area contributed by atoms with Crippen molar-refractivity contribution in [3.05, 3.63) is 71.8 Å². The van der Waals surface area contributed by atoms with Crippen molar-refractivity contribution < 1.29 is 9.53 Å². The highest BCUT2D eigenvalue weighted by Crippen LogP contribution is 2.28. The van der Waals surface area contributed by atoms with E-state index in [0.717, 1.165) is 43.7 Å². The van der Waals surface area contributed by atoms with Crippen LogP contribution in [0.15, 0.2) is 60.7 Å². The molecule has 1 saturated heterocycles. The first-order valence-electron chi connectivity index (χ1n) is 10.3. The number of methoxy groups -OCH3 is 1. The van der Waals surface area contributed by atoms with E-state index in [1.165, 1.54) is 16.3 Å². The molecule has 1 fully saturated rings. The van der Waals surface area contributed by atoms with Crippen LogP contribution in [0.4, 0.5) is 5.69 Å². The Morgan fingerprint density at radius 2 is 1.83 bits per heavy atom. The molecule has 0 unspecified atom stereocenters. The number of hydrogen-bond donors (Lipinski definition) is 1. The molecule has 0 saturated carbocycles. The predicted octanol–water partition coefficient (Wildman–Crippen LogP) is 5.01. The number of fused-ring (bicyclic) bond motifs is 1. The van der Waals surface area contributed by atoms with E-state index in [1.54, 1.807) is 7.11 Å². The first kappa shape index (κ1) is 19.5. The van der Waals surface area contributed by atoms with Crippen molar-refractivity contribution in [2.45, 2.75) is 26.3 Å². The van der Waals surface area contributed by atoms with Crippen molar-refractivity contribution in [2.24, 2.45) is 5.92 Å². The highest BCUT2D eigenvalue weighted by atomic mass is 16.5. The summed E-state index contributed by atoms with van der Waals surface area (Å²) in [6.45, 7) is 4.82. The van der Waals surface area contributed by atoms with Crippen molar-refractivity contribution in [3.63, 3.8) is 0 Å². The van der Waals surface area contributed by atoms with E-state index in [1.807, 2.05) is 25.1 Å². The number of likely N-dealkylation sites (tertiary alicyclic amines) is 1. The average Bonchev–Trinajstić information content (AvgIpc) is 2.75. The average molecular weight is 389 g/mol. The lowest BCUT2D eigenvalue weighted by Crippen LogP contribution is -2.37. The van der Waals surface area contributed by atoms with Crippen molar-refractivity contribution in [3.8, 4) is 5.75 Å². The Bertz CT molecular complexity index is 1000. The monoisotopic (exact) mass is 388 g/mol. The van der Waals surface area contributed by atoms with E-state index in [9.17, 15) is 4.79 Å². The maximum absolute atomic E-state index is 12.8. The van der Waals surface area contributed by atoms with Gasteiger partial charge in [0.05, 0.1) is 12.8 Å². The van der Waals surface area contributed by atoms with Gasteiger partial charge in [-0.1, -0.05) is 48.5 Å². The summed E-state index contributed by atoms with van der Waals surface area (Å²) in [7, 11) is 1.63. The van der Waals surface area contributed by atoms with Crippen molar-refractivity contribution in [2.75, 3.05) is 25.5 Å². The molecular weight excluding hydrogens is 360 g/mol. The van der Waals surface area contributed by atoms with Crippen molar-refractivity contribution in [1.29, 1.82) is 0 Å². The number of nitrogens with zero attached hydrogens (tertiary/aromatic N) is 1. The van der Waals surface area contributed by atoms with Gasteiger partial charge < -0.3 is 10.1 Å². The third-order valence-electron chi connectivity index (χ3n) is 5.85. The number of benzene rings is 3. The van der Waals surface area contributed by atoms with Gasteiger partial charge in [0, 0.05) is 12.5 Å². The lowest BCUT2D eigenvalue weighted by molar-refractivity contribution is -0.121. The van der Waals surface area contributed by atoms with Crippen molar-refractivity contribution >= 4 is 22.4 Å². The summed E-state index contributed by atoms with van der Waals surface area (Å²) >= 11 is 0. The second-order valence-corrected chi connectivity index (χ2v) is 7.88. The Morgan fingerprint density at radius 3 is 2.62 bits per heavy atom. The van der Waals surface area contributed by atoms with Crippen LogP contribution in [0.3, 0.4) is 0 Å². The SMILES string of the molecule is COc1ccc(C)cc1NC(=O)C1CCN(Cc2cccc3ccccc23)CC1. The summed E-state index contributed by atoms with van der Waals surface area (Å²) in [5.74, 6) is 0.847. The molecule has 4 nitrogen and oxygen atoms in total. The molecule has 3 aromatic carbocycles. The van der Waals surface area contributed by atoms with Gasteiger partial charge >= 0.3 is 0 Å². The number of amides is 1. The maximum atomic E-state index is 12.8. The smallest absolute Gasteiger partial charge is 0.227 e. The Kier molecular flexibility index (Phi) is 5.81. The number of aryl methyl sites for hydroxylation is 1. The molecule has 1 amide bonds. The maximum Gasteiger partial charge on any atom is 0.227 e. The first-order valence-corrected chi connectivity index (χ1v) is 10.3. The molecule has 4 heteroatoms. The summed E-state index contributed by atoms with van der Waals surface area (Å²) in [4.78, 5) is 15.3. The summed E-state index contributed by atoms with van der Waals surface area (Å²) in [5, 5.41) is 5.68. The molecule has 0 aliphatic carbocycles. The quantitative estimate of drug-likeness (QED) is 0.668. The number of nitrogens with one attached hydrogen (secondary N) is 1. The molecule has 3 aromatic rings. The lowest BCUT2D eigenvalue weighted by atomic mass is 9.95. The van der Waals surface area contributed by atoms with Crippen LogP contribution in [0.1, 0.15) is 24.0 Å². The van der Waals surface area contributed by atoms with E-state index >= 15 is 0 Å². The summed E-state index contributed by atoms with van der Waals surface area (Å²) in [6, 6.07) is 20.9. The standard InChI is InChI=1S/C25H28N2O2/c1-18-10-11-24(29-2)23(16-18)26-25(28)20-12-14-27(15-13-20)17-21-8-5-7-19-6-3-4-9-22(19)21/h3-11,16,20H,12-15,17H2,1-2H3,(H,26,28). The second-order valence-electron chi connectivity index (χ2n) is 7.88. The van der Waals surface area contributed by atoms with Gasteiger partial charge in [0.1, 0.15) is 5.75 Å². The number of ether oxygens (including phenoxy) is 1. The number of carbonyl (C=O) groups excluding carboxylic acids is 1. The number of anilines is 1. The minimum atomic E-state index is 0.0454. The van der Waals surface area contributed by atoms with Gasteiger partial charge in [-0.2, -0.15) is 0 Å². The van der Waals surface area contributed by atoms with Crippen LogP contribution in [0, 0.1) is 12.8 Å². The fourth-order valence-corrected chi connectivity index (χ4v) is 4.18. The molecule has 150 valence electrons. The molecule has 0 spiro atoms. The highest BCUT2D eigenvalue weighted by molar-refractivity contribution is 5.94. The van der Waals surface area contributed by atoms with Gasteiger partial charge in [-0.15, -0.1) is 0 Å². The van der Waals surface area contributed by atoms with Crippen LogP contribution in [-0.2, 0) is 11.3 Å². The van der Waals surface area contributed by atoms with Crippen LogP contribution in [0.25, 0.3) is 10.8 Å². The van der Waals surface area contributed by atoms with E-state index in [0.29, 0.717) is 5.75 Å². The Balaban J connectivity index is 1.37. The second kappa shape index (κ2) is 8.66. The summed E-state index contributed by atoms with van der Waals surface area (Å²) in [6.07, 6.45) is 1.76. The fraction of sp³-hybridized carbons (Fsp3) is 0.320. The van der Waals surface area contributed by atoms with Gasteiger partial charge in [-0.3, -0.25) is 9.69 Å². The zero-order valence-electron chi connectivity index (χ0n) is 17.2.